The summed E-state index contributed by atoms with van der Waals surface area (Å²) in [5.41, 5.74) is 0. The fourth-order valence-corrected chi connectivity index (χ4v) is 6.17. The van der Waals surface area contributed by atoms with Gasteiger partial charge in [0.2, 0.25) is 15.9 Å². The van der Waals surface area contributed by atoms with E-state index in [0.717, 1.165) is 30.4 Å². The summed E-state index contributed by atoms with van der Waals surface area (Å²) in [6, 6.07) is 4.35. The first kappa shape index (κ1) is 27.1. The van der Waals surface area contributed by atoms with Crippen LogP contribution in [0.5, 0.6) is 0 Å². The molecular formula is C23H37FN2O4S2. The van der Waals surface area contributed by atoms with Crippen molar-refractivity contribution in [2.75, 3.05) is 12.0 Å². The molecule has 0 saturated heterocycles. The summed E-state index contributed by atoms with van der Waals surface area (Å²) in [5.74, 6) is 0.982. The van der Waals surface area contributed by atoms with Gasteiger partial charge in [-0.25, -0.2) is 17.5 Å². The van der Waals surface area contributed by atoms with Gasteiger partial charge in [0.1, 0.15) is 11.9 Å². The van der Waals surface area contributed by atoms with Gasteiger partial charge in [-0.1, -0.05) is 27.2 Å². The molecule has 9 heteroatoms. The van der Waals surface area contributed by atoms with Gasteiger partial charge in [0.25, 0.3) is 0 Å². The molecule has 1 aromatic carbocycles. The third-order valence-corrected chi connectivity index (χ3v) is 8.11. The fraction of sp³-hybridized carbons (Fsp3) is 0.696. The van der Waals surface area contributed by atoms with Crippen LogP contribution in [0.4, 0.5) is 4.39 Å². The minimum atomic E-state index is -3.62. The summed E-state index contributed by atoms with van der Waals surface area (Å²) in [5, 5.41) is 13.7. The highest BCUT2D eigenvalue weighted by Crippen LogP contribution is 2.36. The van der Waals surface area contributed by atoms with Crippen molar-refractivity contribution in [2.24, 2.45) is 17.8 Å². The summed E-state index contributed by atoms with van der Waals surface area (Å²) in [6.07, 6.45) is 4.88. The van der Waals surface area contributed by atoms with Crippen LogP contribution in [0.1, 0.15) is 52.9 Å². The minimum Gasteiger partial charge on any atom is -0.391 e. The molecule has 1 aliphatic carbocycles. The van der Waals surface area contributed by atoms with Gasteiger partial charge < -0.3 is 10.4 Å². The topological polar surface area (TPSA) is 95.5 Å². The van der Waals surface area contributed by atoms with E-state index in [9.17, 15) is 22.7 Å². The summed E-state index contributed by atoms with van der Waals surface area (Å²) >= 11 is 1.26. The average Bonchev–Trinajstić information content (AvgIpc) is 2.71. The van der Waals surface area contributed by atoms with E-state index in [1.807, 2.05) is 6.92 Å². The lowest BCUT2D eigenvalue weighted by Crippen LogP contribution is -2.53. The Labute approximate surface area is 196 Å². The Morgan fingerprint density at radius 2 is 1.91 bits per heavy atom. The molecule has 0 radical (unpaired) electrons. The van der Waals surface area contributed by atoms with Crippen molar-refractivity contribution < 1.29 is 22.7 Å². The number of aliphatic hydroxyl groups excluding tert-OH is 1. The van der Waals surface area contributed by atoms with Gasteiger partial charge in [-0.15, -0.1) is 11.8 Å². The smallest absolute Gasteiger partial charge is 0.239 e. The molecule has 0 aliphatic heterocycles. The first-order valence-electron chi connectivity index (χ1n) is 11.3. The van der Waals surface area contributed by atoms with Crippen LogP contribution in [0, 0.1) is 23.6 Å². The van der Waals surface area contributed by atoms with E-state index in [0.29, 0.717) is 30.6 Å². The SMILES string of the molecule is CCC(NC(=O)C(CSc1ccc(F)cc1)NS(C)(=O)=O)C(O)CC1CCC(C)CC1C. The van der Waals surface area contributed by atoms with Crippen molar-refractivity contribution in [3.63, 3.8) is 0 Å². The lowest BCUT2D eigenvalue weighted by atomic mass is 9.73. The monoisotopic (exact) mass is 488 g/mol. The van der Waals surface area contributed by atoms with Crippen LogP contribution >= 0.6 is 11.8 Å². The molecule has 0 spiro atoms. The first-order chi connectivity index (χ1) is 15.0. The highest BCUT2D eigenvalue weighted by atomic mass is 32.2. The molecule has 6 atom stereocenters. The molecule has 1 saturated carbocycles. The Morgan fingerprint density at radius 3 is 2.47 bits per heavy atom. The van der Waals surface area contributed by atoms with E-state index in [-0.39, 0.29) is 11.6 Å². The molecule has 3 N–H and O–H groups in total. The molecule has 1 aliphatic rings. The molecule has 6 unspecified atom stereocenters. The van der Waals surface area contributed by atoms with E-state index >= 15 is 0 Å². The standard InChI is InChI=1S/C23H37FN2O4S2/c1-5-20(22(27)13-17-7-6-15(2)12-16(17)3)25-23(28)21(26-32(4,29)30)14-31-19-10-8-18(24)9-11-19/h8-11,15-17,20-22,26-27H,5-7,12-14H2,1-4H3,(H,25,28). The average molecular weight is 489 g/mol. The second kappa shape index (κ2) is 12.3. The van der Waals surface area contributed by atoms with Gasteiger partial charge >= 0.3 is 0 Å². The van der Waals surface area contributed by atoms with Gasteiger partial charge in [0, 0.05) is 10.6 Å². The van der Waals surface area contributed by atoms with E-state index < -0.39 is 34.1 Å². The van der Waals surface area contributed by atoms with Crippen LogP contribution in [0.3, 0.4) is 0 Å². The highest BCUT2D eigenvalue weighted by molar-refractivity contribution is 7.99. The Balaban J connectivity index is 2.00. The van der Waals surface area contributed by atoms with E-state index in [1.165, 1.54) is 23.9 Å². The number of amides is 1. The molecule has 2 rings (SSSR count). The molecule has 0 bridgehead atoms. The number of nitrogens with one attached hydrogen (secondary N) is 2. The van der Waals surface area contributed by atoms with Crippen LogP contribution in [-0.2, 0) is 14.8 Å². The molecule has 1 aromatic rings. The van der Waals surface area contributed by atoms with Crippen molar-refractivity contribution in [3.05, 3.63) is 30.1 Å². The first-order valence-corrected chi connectivity index (χ1v) is 14.2. The maximum Gasteiger partial charge on any atom is 0.239 e. The second-order valence-electron chi connectivity index (χ2n) is 9.19. The van der Waals surface area contributed by atoms with Gasteiger partial charge in [-0.05, 0) is 67.7 Å². The fourth-order valence-electron chi connectivity index (χ4n) is 4.44. The zero-order valence-corrected chi connectivity index (χ0v) is 21.0. The van der Waals surface area contributed by atoms with Crippen molar-refractivity contribution in [1.29, 1.82) is 0 Å². The number of benzene rings is 1. The predicted molar refractivity (Wildman–Crippen MR) is 127 cm³/mol. The van der Waals surface area contributed by atoms with Crippen molar-refractivity contribution in [1.82, 2.24) is 10.0 Å². The molecule has 6 nitrogen and oxygen atoms in total. The van der Waals surface area contributed by atoms with E-state index in [4.69, 9.17) is 0 Å². The van der Waals surface area contributed by atoms with E-state index in [2.05, 4.69) is 23.9 Å². The van der Waals surface area contributed by atoms with Gasteiger partial charge in [-0.2, -0.15) is 0 Å². The molecule has 182 valence electrons. The molecule has 0 aromatic heterocycles. The number of halogens is 1. The summed E-state index contributed by atoms with van der Waals surface area (Å²) in [4.78, 5) is 13.7. The second-order valence-corrected chi connectivity index (χ2v) is 12.1. The number of sulfonamides is 1. The predicted octanol–water partition coefficient (Wildman–Crippen LogP) is 3.55. The molecule has 0 heterocycles. The number of hydrogen-bond donors (Lipinski definition) is 3. The van der Waals surface area contributed by atoms with Gasteiger partial charge in [-0.3, -0.25) is 4.79 Å². The summed E-state index contributed by atoms with van der Waals surface area (Å²) in [7, 11) is -3.62. The minimum absolute atomic E-state index is 0.147. The zero-order chi connectivity index (χ0) is 23.9. The van der Waals surface area contributed by atoms with Crippen LogP contribution < -0.4 is 10.0 Å². The van der Waals surface area contributed by atoms with Crippen LogP contribution in [0.25, 0.3) is 0 Å². The van der Waals surface area contributed by atoms with Gasteiger partial charge in [0.05, 0.1) is 18.4 Å². The van der Waals surface area contributed by atoms with Crippen LogP contribution in [-0.4, -0.2) is 49.6 Å². The molecule has 1 fully saturated rings. The quantitative estimate of drug-likeness (QED) is 0.414. The number of hydrogen-bond acceptors (Lipinski definition) is 5. The molecule has 32 heavy (non-hydrogen) atoms. The highest BCUT2D eigenvalue weighted by Gasteiger charge is 2.31. The lowest BCUT2D eigenvalue weighted by molar-refractivity contribution is -0.124. The Hall–Kier alpha value is -1.16. The number of aliphatic hydroxyl groups is 1. The van der Waals surface area contributed by atoms with Gasteiger partial charge in [0.15, 0.2) is 0 Å². The normalized spacial score (nSPS) is 24.5. The third-order valence-electron chi connectivity index (χ3n) is 6.29. The van der Waals surface area contributed by atoms with Crippen molar-refractivity contribution in [2.45, 2.75) is 76.0 Å². The van der Waals surface area contributed by atoms with E-state index in [1.54, 1.807) is 12.1 Å². The maximum atomic E-state index is 13.1. The lowest BCUT2D eigenvalue weighted by Gasteiger charge is -2.35. The molecule has 1 amide bonds. The zero-order valence-electron chi connectivity index (χ0n) is 19.4. The van der Waals surface area contributed by atoms with Crippen LogP contribution in [0.2, 0.25) is 0 Å². The summed E-state index contributed by atoms with van der Waals surface area (Å²) in [6.45, 7) is 6.38. The largest absolute Gasteiger partial charge is 0.391 e. The third kappa shape index (κ3) is 9.00. The van der Waals surface area contributed by atoms with Crippen molar-refractivity contribution in [3.8, 4) is 0 Å². The number of carbonyl (C=O) groups is 1. The van der Waals surface area contributed by atoms with Crippen LogP contribution in [0.15, 0.2) is 29.2 Å². The Morgan fingerprint density at radius 1 is 1.25 bits per heavy atom. The van der Waals surface area contributed by atoms with Crippen molar-refractivity contribution >= 4 is 27.7 Å². The number of thioether (sulfide) groups is 1. The Bertz CT molecular complexity index is 835. The number of rotatable bonds is 11. The molecular weight excluding hydrogens is 451 g/mol. The number of carbonyl (C=O) groups excluding carboxylic acids is 1. The Kier molecular flexibility index (Phi) is 10.4. The maximum absolute atomic E-state index is 13.1. The summed E-state index contributed by atoms with van der Waals surface area (Å²) < 4.78 is 39.1.